The zero-order valence-corrected chi connectivity index (χ0v) is 9.20. The molecule has 0 bridgehead atoms. The molecule has 0 unspecified atom stereocenters. The fraction of sp³-hybridized carbons (Fsp3) is 1.00. The summed E-state index contributed by atoms with van der Waals surface area (Å²) in [4.78, 5) is 0. The maximum atomic E-state index is 2.44. The summed E-state index contributed by atoms with van der Waals surface area (Å²) in [5.74, 6) is 0.763. The van der Waals surface area contributed by atoms with E-state index in [1.165, 1.54) is 13.0 Å². The zero-order chi connectivity index (χ0) is 8.20. The molecule has 0 saturated heterocycles. The Morgan fingerprint density at radius 3 is 2.00 bits per heavy atom. The third-order valence-corrected chi connectivity index (χ3v) is 2.45. The summed E-state index contributed by atoms with van der Waals surface area (Å²) in [6.07, 6.45) is 1.27. The smallest absolute Gasteiger partial charge is 0.0927 e. The van der Waals surface area contributed by atoms with E-state index in [4.69, 9.17) is 0 Å². The minimum Gasteiger partial charge on any atom is -1.00 e. The molecule has 0 atom stereocenters. The molecule has 2 N–H and O–H groups in total. The molecule has 0 saturated carbocycles. The molecular formula is C9H22ClN. The van der Waals surface area contributed by atoms with E-state index in [-0.39, 0.29) is 12.4 Å². The zero-order valence-electron chi connectivity index (χ0n) is 8.45. The van der Waals surface area contributed by atoms with Crippen LogP contribution in [0.5, 0.6) is 0 Å². The van der Waals surface area contributed by atoms with Crippen molar-refractivity contribution in [2.45, 2.75) is 46.6 Å². The van der Waals surface area contributed by atoms with Gasteiger partial charge in [0.15, 0.2) is 0 Å². The average Bonchev–Trinajstić information content (AvgIpc) is 1.84. The van der Waals surface area contributed by atoms with Gasteiger partial charge < -0.3 is 17.7 Å². The van der Waals surface area contributed by atoms with Gasteiger partial charge in [0.1, 0.15) is 0 Å². The van der Waals surface area contributed by atoms with Crippen LogP contribution in [0.4, 0.5) is 0 Å². The van der Waals surface area contributed by atoms with Gasteiger partial charge in [-0.25, -0.2) is 0 Å². The molecule has 1 nitrogen and oxygen atoms in total. The summed E-state index contributed by atoms with van der Waals surface area (Å²) >= 11 is 0. The van der Waals surface area contributed by atoms with E-state index in [1.807, 2.05) is 0 Å². The fourth-order valence-corrected chi connectivity index (χ4v) is 0.752. The second kappa shape index (κ2) is 5.84. The summed E-state index contributed by atoms with van der Waals surface area (Å²) in [7, 11) is 0. The second-order valence-electron chi connectivity index (χ2n) is 3.97. The molecule has 0 aromatic heterocycles. The first kappa shape index (κ1) is 13.8. The van der Waals surface area contributed by atoms with Crippen LogP contribution in [0, 0.1) is 5.92 Å². The normalized spacial score (nSPS) is 11.5. The first-order valence-corrected chi connectivity index (χ1v) is 4.35. The second-order valence-corrected chi connectivity index (χ2v) is 3.97. The lowest BCUT2D eigenvalue weighted by atomic mass is 9.91. The van der Waals surface area contributed by atoms with Crippen molar-refractivity contribution in [1.82, 2.24) is 0 Å². The molecule has 2 heteroatoms. The first-order valence-electron chi connectivity index (χ1n) is 4.35. The van der Waals surface area contributed by atoms with E-state index >= 15 is 0 Å². The van der Waals surface area contributed by atoms with E-state index in [1.54, 1.807) is 0 Å². The van der Waals surface area contributed by atoms with Gasteiger partial charge in [0, 0.05) is 5.92 Å². The number of nitrogens with two attached hydrogens (primary N) is 1. The Morgan fingerprint density at radius 1 is 1.27 bits per heavy atom. The van der Waals surface area contributed by atoms with Crippen molar-refractivity contribution in [2.75, 3.05) is 6.54 Å². The van der Waals surface area contributed by atoms with Crippen molar-refractivity contribution in [2.24, 2.45) is 5.92 Å². The quantitative estimate of drug-likeness (QED) is 0.536. The molecule has 0 aromatic rings. The van der Waals surface area contributed by atoms with Crippen molar-refractivity contribution in [3.05, 3.63) is 0 Å². The van der Waals surface area contributed by atoms with Crippen LogP contribution in [-0.4, -0.2) is 12.1 Å². The number of rotatable bonds is 4. The van der Waals surface area contributed by atoms with Crippen LogP contribution in [-0.2, 0) is 0 Å². The van der Waals surface area contributed by atoms with Gasteiger partial charge in [-0.05, 0) is 20.3 Å². The van der Waals surface area contributed by atoms with Gasteiger partial charge in [-0.3, -0.25) is 0 Å². The Bertz CT molecular complexity index is 89.6. The van der Waals surface area contributed by atoms with Crippen LogP contribution in [0.15, 0.2) is 0 Å². The predicted octanol–water partition coefficient (Wildman–Crippen LogP) is -1.60. The van der Waals surface area contributed by atoms with Crippen molar-refractivity contribution in [1.29, 1.82) is 0 Å². The minimum absolute atomic E-state index is 0. The molecule has 0 aliphatic heterocycles. The van der Waals surface area contributed by atoms with E-state index in [2.05, 4.69) is 39.9 Å². The highest BCUT2D eigenvalue weighted by Gasteiger charge is 2.24. The van der Waals surface area contributed by atoms with Gasteiger partial charge >= 0.3 is 0 Å². The maximum absolute atomic E-state index is 2.44. The summed E-state index contributed by atoms with van der Waals surface area (Å²) in [6, 6.07) is 0. The lowest BCUT2D eigenvalue weighted by Gasteiger charge is -2.26. The maximum Gasteiger partial charge on any atom is 0.0927 e. The molecule has 0 aliphatic rings. The lowest BCUT2D eigenvalue weighted by molar-refractivity contribution is -0.727. The van der Waals surface area contributed by atoms with Gasteiger partial charge in [0.25, 0.3) is 0 Å². The third-order valence-electron chi connectivity index (χ3n) is 2.45. The topological polar surface area (TPSA) is 16.6 Å². The van der Waals surface area contributed by atoms with E-state index in [0.717, 1.165) is 5.92 Å². The lowest BCUT2D eigenvalue weighted by Crippen LogP contribution is -3.00. The van der Waals surface area contributed by atoms with Crippen LogP contribution in [0.3, 0.4) is 0 Å². The van der Waals surface area contributed by atoms with Gasteiger partial charge in [-0.1, -0.05) is 20.8 Å². The van der Waals surface area contributed by atoms with E-state index < -0.39 is 0 Å². The molecule has 11 heavy (non-hydrogen) atoms. The summed E-state index contributed by atoms with van der Waals surface area (Å²) in [5.41, 5.74) is 0.427. The number of halogens is 1. The molecule has 0 heterocycles. The van der Waals surface area contributed by atoms with Crippen molar-refractivity contribution in [3.63, 3.8) is 0 Å². The Labute approximate surface area is 77.4 Å². The Morgan fingerprint density at radius 2 is 1.73 bits per heavy atom. The van der Waals surface area contributed by atoms with Gasteiger partial charge in [-0.15, -0.1) is 0 Å². The number of quaternary nitrogens is 1. The number of hydrogen-bond donors (Lipinski definition) is 1. The van der Waals surface area contributed by atoms with Crippen LogP contribution in [0.25, 0.3) is 0 Å². The van der Waals surface area contributed by atoms with Crippen molar-refractivity contribution >= 4 is 0 Å². The highest BCUT2D eigenvalue weighted by Crippen LogP contribution is 2.08. The molecule has 0 amide bonds. The van der Waals surface area contributed by atoms with Crippen molar-refractivity contribution < 1.29 is 17.7 Å². The molecule has 0 aromatic carbocycles. The van der Waals surface area contributed by atoms with Gasteiger partial charge in [0.2, 0.25) is 0 Å². The minimum atomic E-state index is 0. The van der Waals surface area contributed by atoms with Crippen LogP contribution >= 0.6 is 0 Å². The average molecular weight is 180 g/mol. The summed E-state index contributed by atoms with van der Waals surface area (Å²) in [6.45, 7) is 12.7. The van der Waals surface area contributed by atoms with Crippen LogP contribution < -0.4 is 17.7 Å². The van der Waals surface area contributed by atoms with E-state index in [9.17, 15) is 0 Å². The molecular weight excluding hydrogens is 158 g/mol. The highest BCUT2D eigenvalue weighted by atomic mass is 35.5. The molecule has 0 radical (unpaired) electrons. The fourth-order valence-electron chi connectivity index (χ4n) is 0.752. The van der Waals surface area contributed by atoms with Crippen LogP contribution in [0.1, 0.15) is 41.0 Å². The Balaban J connectivity index is 0. The predicted molar refractivity (Wildman–Crippen MR) is 46.0 cm³/mol. The first-order chi connectivity index (χ1) is 4.50. The van der Waals surface area contributed by atoms with Crippen LogP contribution in [0.2, 0.25) is 0 Å². The van der Waals surface area contributed by atoms with Gasteiger partial charge in [0.05, 0.1) is 12.1 Å². The summed E-state index contributed by atoms with van der Waals surface area (Å²) < 4.78 is 0. The third kappa shape index (κ3) is 5.51. The largest absolute Gasteiger partial charge is 1.00 e. The standard InChI is InChI=1S/C9H21N.ClH/c1-6-7-10-9(4,5)8(2)3;/h8,10H,6-7H2,1-5H3;1H. The van der Waals surface area contributed by atoms with Gasteiger partial charge in [-0.2, -0.15) is 0 Å². The Kier molecular flexibility index (Phi) is 7.34. The molecule has 70 valence electrons. The van der Waals surface area contributed by atoms with E-state index in [0.29, 0.717) is 5.54 Å². The SMILES string of the molecule is CCC[NH2+]C(C)(C)C(C)C.[Cl-]. The molecule has 0 rings (SSSR count). The molecule has 0 spiro atoms. The Hall–Kier alpha value is 0.250. The highest BCUT2D eigenvalue weighted by molar-refractivity contribution is 4.67. The summed E-state index contributed by atoms with van der Waals surface area (Å²) in [5, 5.41) is 2.44. The molecule has 0 aliphatic carbocycles. The number of hydrogen-bond acceptors (Lipinski definition) is 0. The van der Waals surface area contributed by atoms with Crippen molar-refractivity contribution in [3.8, 4) is 0 Å². The molecule has 0 fully saturated rings. The monoisotopic (exact) mass is 179 g/mol.